The van der Waals surface area contributed by atoms with Crippen molar-refractivity contribution in [1.29, 1.82) is 0 Å². The van der Waals surface area contributed by atoms with Crippen LogP contribution < -0.4 is 0 Å². The van der Waals surface area contributed by atoms with E-state index in [0.29, 0.717) is 15.7 Å². The zero-order valence-corrected chi connectivity index (χ0v) is 18.0. The summed E-state index contributed by atoms with van der Waals surface area (Å²) < 4.78 is 42.0. The summed E-state index contributed by atoms with van der Waals surface area (Å²) in [6.45, 7) is 0. The maximum absolute atomic E-state index is 13.5. The summed E-state index contributed by atoms with van der Waals surface area (Å²) in [5.74, 6) is -1.58. The van der Waals surface area contributed by atoms with Gasteiger partial charge in [-0.3, -0.25) is 0 Å². The van der Waals surface area contributed by atoms with Crippen molar-refractivity contribution in [2.75, 3.05) is 0 Å². The molecule has 0 unspecified atom stereocenters. The Balaban J connectivity index is 1.96. The number of nitrogens with zero attached hydrogens (tertiary/aromatic N) is 3. The van der Waals surface area contributed by atoms with E-state index in [4.69, 9.17) is 5.11 Å². The predicted molar refractivity (Wildman–Crippen MR) is 113 cm³/mol. The van der Waals surface area contributed by atoms with E-state index in [1.807, 2.05) is 0 Å². The third kappa shape index (κ3) is 3.87. The van der Waals surface area contributed by atoms with Gasteiger partial charge in [0.2, 0.25) is 14.9 Å². The Hall–Kier alpha value is -3.37. The monoisotopic (exact) mass is 501 g/mol. The van der Waals surface area contributed by atoms with E-state index in [1.165, 1.54) is 59.3 Å². The first kappa shape index (κ1) is 20.9. The smallest absolute Gasteiger partial charge is 0.335 e. The molecule has 0 amide bonds. The minimum Gasteiger partial charge on any atom is -0.478 e. The van der Waals surface area contributed by atoms with Crippen molar-refractivity contribution < 1.29 is 22.7 Å². The van der Waals surface area contributed by atoms with Crippen LogP contribution in [-0.2, 0) is 9.84 Å². The molecule has 0 aliphatic heterocycles. The molecule has 3 aromatic carbocycles. The van der Waals surface area contributed by atoms with Gasteiger partial charge in [-0.2, -0.15) is 0 Å². The Kier molecular flexibility index (Phi) is 5.42. The molecule has 0 spiro atoms. The van der Waals surface area contributed by atoms with Gasteiger partial charge in [-0.25, -0.2) is 22.3 Å². The fourth-order valence-corrected chi connectivity index (χ4v) is 5.31. The van der Waals surface area contributed by atoms with Gasteiger partial charge < -0.3 is 5.11 Å². The second kappa shape index (κ2) is 8.05. The van der Waals surface area contributed by atoms with Gasteiger partial charge in [-0.15, -0.1) is 5.10 Å². The van der Waals surface area contributed by atoms with Gasteiger partial charge in [0.25, 0.3) is 0 Å². The maximum Gasteiger partial charge on any atom is 0.335 e. The largest absolute Gasteiger partial charge is 0.478 e. The van der Waals surface area contributed by atoms with Crippen LogP contribution >= 0.6 is 15.9 Å². The number of aromatic carboxylic acids is 1. The minimum absolute atomic E-state index is 0.00615. The fraction of sp³-hybridized carbons (Fsp3) is 0. The van der Waals surface area contributed by atoms with Crippen LogP contribution in [0.15, 0.2) is 87.2 Å². The van der Waals surface area contributed by atoms with E-state index in [1.54, 1.807) is 18.2 Å². The molecule has 0 bridgehead atoms. The van der Waals surface area contributed by atoms with E-state index >= 15 is 0 Å². The van der Waals surface area contributed by atoms with E-state index in [2.05, 4.69) is 26.2 Å². The van der Waals surface area contributed by atoms with Crippen molar-refractivity contribution in [3.8, 4) is 16.9 Å². The van der Waals surface area contributed by atoms with Crippen molar-refractivity contribution in [3.05, 3.63) is 88.6 Å². The number of rotatable bonds is 5. The second-order valence-electron chi connectivity index (χ2n) is 6.45. The number of hydrogen-bond acceptors (Lipinski definition) is 5. The standard InChI is InChI=1S/C21H13BrFN3O4S/c22-17-3-1-2-4-18(17)31(29,30)20-19(13-5-9-15(23)10-6-13)26(25-24-20)16-11-7-14(8-12-16)21(27)28/h1-12H,(H,27,28). The van der Waals surface area contributed by atoms with Crippen LogP contribution in [-0.4, -0.2) is 34.5 Å². The van der Waals surface area contributed by atoms with Gasteiger partial charge in [0.1, 0.15) is 11.5 Å². The fourth-order valence-electron chi connectivity index (χ4n) is 3.00. The highest BCUT2D eigenvalue weighted by atomic mass is 79.9. The van der Waals surface area contributed by atoms with Gasteiger partial charge in [-0.1, -0.05) is 17.3 Å². The van der Waals surface area contributed by atoms with Crippen LogP contribution in [0.2, 0.25) is 0 Å². The highest BCUT2D eigenvalue weighted by Crippen LogP contribution is 2.34. The first-order chi connectivity index (χ1) is 14.8. The molecular weight excluding hydrogens is 489 g/mol. The Morgan fingerprint density at radius 3 is 2.23 bits per heavy atom. The van der Waals surface area contributed by atoms with E-state index in [0.717, 1.165) is 0 Å². The summed E-state index contributed by atoms with van der Waals surface area (Å²) >= 11 is 3.25. The Bertz CT molecular complexity index is 1390. The molecule has 31 heavy (non-hydrogen) atoms. The Labute approximate surface area is 184 Å². The SMILES string of the molecule is O=C(O)c1ccc(-n2nnc(S(=O)(=O)c3ccccc3Br)c2-c2ccc(F)cc2)cc1. The molecule has 0 radical (unpaired) electrons. The average molecular weight is 502 g/mol. The lowest BCUT2D eigenvalue weighted by molar-refractivity contribution is 0.0697. The van der Waals surface area contributed by atoms with Crippen LogP contribution in [0.25, 0.3) is 16.9 Å². The van der Waals surface area contributed by atoms with Crippen molar-refractivity contribution in [3.63, 3.8) is 0 Å². The topological polar surface area (TPSA) is 102 Å². The summed E-state index contributed by atoms with van der Waals surface area (Å²) in [4.78, 5) is 11.1. The van der Waals surface area contributed by atoms with Gasteiger partial charge in [0.15, 0.2) is 0 Å². The number of sulfone groups is 1. The van der Waals surface area contributed by atoms with E-state index in [-0.39, 0.29) is 21.2 Å². The van der Waals surface area contributed by atoms with Gasteiger partial charge in [-0.05, 0) is 76.6 Å². The first-order valence-electron chi connectivity index (χ1n) is 8.84. The molecule has 10 heteroatoms. The molecule has 0 saturated carbocycles. The summed E-state index contributed by atoms with van der Waals surface area (Å²) in [6.07, 6.45) is 0. The number of hydrogen-bond donors (Lipinski definition) is 1. The van der Waals surface area contributed by atoms with Crippen LogP contribution in [0.3, 0.4) is 0 Å². The molecule has 1 aromatic heterocycles. The number of carbonyl (C=O) groups is 1. The van der Waals surface area contributed by atoms with Crippen LogP contribution in [0.5, 0.6) is 0 Å². The molecule has 1 N–H and O–H groups in total. The van der Waals surface area contributed by atoms with Crippen molar-refractivity contribution in [2.24, 2.45) is 0 Å². The lowest BCUT2D eigenvalue weighted by Crippen LogP contribution is -2.07. The zero-order valence-electron chi connectivity index (χ0n) is 15.6. The van der Waals surface area contributed by atoms with Crippen molar-refractivity contribution >= 4 is 31.7 Å². The lowest BCUT2D eigenvalue weighted by atomic mass is 10.1. The normalized spacial score (nSPS) is 11.4. The molecular formula is C21H13BrFN3O4S. The van der Waals surface area contributed by atoms with Crippen LogP contribution in [0.1, 0.15) is 10.4 Å². The third-order valence-electron chi connectivity index (χ3n) is 4.50. The maximum atomic E-state index is 13.5. The third-order valence-corrected chi connectivity index (χ3v) is 7.17. The molecule has 0 aliphatic carbocycles. The van der Waals surface area contributed by atoms with E-state index in [9.17, 15) is 17.6 Å². The first-order valence-corrected chi connectivity index (χ1v) is 11.1. The predicted octanol–water partition coefficient (Wildman–Crippen LogP) is 4.37. The Morgan fingerprint density at radius 2 is 1.61 bits per heavy atom. The number of carboxylic acid groups (broad SMARTS) is 1. The lowest BCUT2D eigenvalue weighted by Gasteiger charge is -2.10. The van der Waals surface area contributed by atoms with Crippen molar-refractivity contribution in [1.82, 2.24) is 15.0 Å². The average Bonchev–Trinajstić information content (AvgIpc) is 3.20. The molecule has 7 nitrogen and oxygen atoms in total. The molecule has 1 heterocycles. The summed E-state index contributed by atoms with van der Waals surface area (Å²) in [5, 5.41) is 16.7. The highest BCUT2D eigenvalue weighted by molar-refractivity contribution is 9.10. The molecule has 0 saturated heterocycles. The second-order valence-corrected chi connectivity index (χ2v) is 9.14. The number of aromatic nitrogens is 3. The Morgan fingerprint density at radius 1 is 0.968 bits per heavy atom. The molecule has 156 valence electrons. The van der Waals surface area contributed by atoms with Gasteiger partial charge in [0, 0.05) is 10.0 Å². The van der Waals surface area contributed by atoms with Crippen LogP contribution in [0, 0.1) is 5.82 Å². The molecule has 0 fully saturated rings. The number of carboxylic acids is 1. The number of benzene rings is 3. The van der Waals surface area contributed by atoms with E-state index < -0.39 is 21.6 Å². The minimum atomic E-state index is -4.10. The summed E-state index contributed by atoms with van der Waals surface area (Å²) in [5.41, 5.74) is 0.955. The summed E-state index contributed by atoms with van der Waals surface area (Å²) in [7, 11) is -4.10. The molecule has 4 rings (SSSR count). The molecule has 4 aromatic rings. The highest BCUT2D eigenvalue weighted by Gasteiger charge is 2.30. The van der Waals surface area contributed by atoms with Crippen LogP contribution in [0.4, 0.5) is 4.39 Å². The van der Waals surface area contributed by atoms with Gasteiger partial charge >= 0.3 is 5.97 Å². The number of halogens is 2. The quantitative estimate of drug-likeness (QED) is 0.435. The zero-order chi connectivity index (χ0) is 22.2. The molecule has 0 aliphatic rings. The van der Waals surface area contributed by atoms with Gasteiger partial charge in [0.05, 0.1) is 16.1 Å². The van der Waals surface area contributed by atoms with Crippen molar-refractivity contribution in [2.45, 2.75) is 9.92 Å². The summed E-state index contributed by atoms with van der Waals surface area (Å²) in [6, 6.07) is 17.3. The molecule has 0 atom stereocenters.